The first kappa shape index (κ1) is 22.3. The summed E-state index contributed by atoms with van der Waals surface area (Å²) in [6, 6.07) is 4.90. The summed E-state index contributed by atoms with van der Waals surface area (Å²) >= 11 is 0. The Morgan fingerprint density at radius 1 is 1.29 bits per heavy atom. The Hall–Kier alpha value is -1.66. The van der Waals surface area contributed by atoms with Gasteiger partial charge in [0, 0.05) is 25.8 Å². The molecular formula is C18H30FNO4. The Labute approximate surface area is 144 Å². The number of carbonyl (C=O) groups is 1. The van der Waals surface area contributed by atoms with E-state index in [4.69, 9.17) is 9.47 Å². The van der Waals surface area contributed by atoms with E-state index in [1.165, 1.54) is 13.2 Å². The van der Waals surface area contributed by atoms with Crippen molar-refractivity contribution in [2.45, 2.75) is 26.8 Å². The van der Waals surface area contributed by atoms with Crippen LogP contribution in [0.1, 0.15) is 25.8 Å². The van der Waals surface area contributed by atoms with Crippen LogP contribution < -0.4 is 4.74 Å². The van der Waals surface area contributed by atoms with Gasteiger partial charge in [0.15, 0.2) is 0 Å². The number of nitrogens with zero attached hydrogens (tertiary/aromatic N) is 1. The quantitative estimate of drug-likeness (QED) is 0.679. The Bertz CT molecular complexity index is 482. The van der Waals surface area contributed by atoms with E-state index in [0.717, 1.165) is 13.0 Å². The number of hydrogen-bond donors (Lipinski definition) is 0. The molecule has 0 bridgehead atoms. The van der Waals surface area contributed by atoms with E-state index in [9.17, 15) is 9.18 Å². The molecule has 0 aliphatic carbocycles. The Balaban J connectivity index is 0.000000470. The number of hydrogen-bond acceptors (Lipinski definition) is 5. The average molecular weight is 343 g/mol. The third-order valence-corrected chi connectivity index (χ3v) is 3.62. The lowest BCUT2D eigenvalue weighted by Gasteiger charge is -2.16. The minimum atomic E-state index is -0.204. The van der Waals surface area contributed by atoms with Crippen LogP contribution in [-0.4, -0.2) is 52.4 Å². The molecule has 1 atom stereocenters. The molecule has 0 N–H and O–H groups in total. The predicted octanol–water partition coefficient (Wildman–Crippen LogP) is 3.12. The fourth-order valence-corrected chi connectivity index (χ4v) is 1.88. The van der Waals surface area contributed by atoms with Crippen LogP contribution in [0.5, 0.6) is 5.75 Å². The van der Waals surface area contributed by atoms with Crippen LogP contribution in [0.25, 0.3) is 0 Å². The van der Waals surface area contributed by atoms with Crippen molar-refractivity contribution in [3.63, 3.8) is 0 Å². The van der Waals surface area contributed by atoms with E-state index >= 15 is 0 Å². The van der Waals surface area contributed by atoms with Crippen LogP contribution >= 0.6 is 0 Å². The van der Waals surface area contributed by atoms with Crippen LogP contribution in [0.4, 0.5) is 4.39 Å². The molecule has 138 valence electrons. The molecule has 1 unspecified atom stereocenters. The molecule has 0 saturated heterocycles. The largest absolute Gasteiger partial charge is 0.496 e. The summed E-state index contributed by atoms with van der Waals surface area (Å²) in [5.41, 5.74) is 0.624. The van der Waals surface area contributed by atoms with E-state index in [1.807, 2.05) is 25.8 Å². The summed E-state index contributed by atoms with van der Waals surface area (Å²) in [7, 11) is 6.52. The maximum Gasteiger partial charge on any atom is 0.308 e. The first-order valence-electron chi connectivity index (χ1n) is 7.97. The van der Waals surface area contributed by atoms with Gasteiger partial charge in [-0.15, -0.1) is 0 Å². The third kappa shape index (κ3) is 8.26. The SMILES string of the molecule is CCN(C)Cc1c(F)cccc1OC.COCCC(C)C(=O)OC. The normalized spacial score (nSPS) is 11.5. The summed E-state index contributed by atoms with van der Waals surface area (Å²) in [5, 5.41) is 0. The smallest absolute Gasteiger partial charge is 0.308 e. The highest BCUT2D eigenvalue weighted by Crippen LogP contribution is 2.22. The average Bonchev–Trinajstić information content (AvgIpc) is 2.60. The molecule has 6 heteroatoms. The molecule has 5 nitrogen and oxygen atoms in total. The molecule has 0 aromatic heterocycles. The van der Waals surface area contributed by atoms with Gasteiger partial charge in [-0.05, 0) is 32.1 Å². The Morgan fingerprint density at radius 3 is 2.46 bits per heavy atom. The van der Waals surface area contributed by atoms with Crippen molar-refractivity contribution in [1.82, 2.24) is 4.90 Å². The van der Waals surface area contributed by atoms with Crippen LogP contribution in [0.3, 0.4) is 0 Å². The number of esters is 1. The zero-order valence-corrected chi connectivity index (χ0v) is 15.6. The van der Waals surface area contributed by atoms with Gasteiger partial charge in [-0.1, -0.05) is 19.9 Å². The van der Waals surface area contributed by atoms with E-state index in [2.05, 4.69) is 4.74 Å². The van der Waals surface area contributed by atoms with Crippen molar-refractivity contribution < 1.29 is 23.4 Å². The maximum atomic E-state index is 13.4. The van der Waals surface area contributed by atoms with Crippen molar-refractivity contribution in [2.75, 3.05) is 41.5 Å². The first-order chi connectivity index (χ1) is 11.4. The molecule has 0 aliphatic rings. The minimum Gasteiger partial charge on any atom is -0.496 e. The van der Waals surface area contributed by atoms with Crippen molar-refractivity contribution in [3.8, 4) is 5.75 Å². The van der Waals surface area contributed by atoms with Gasteiger partial charge in [0.25, 0.3) is 0 Å². The zero-order chi connectivity index (χ0) is 18.5. The highest BCUT2D eigenvalue weighted by atomic mass is 19.1. The van der Waals surface area contributed by atoms with Gasteiger partial charge in [-0.2, -0.15) is 0 Å². The number of rotatable bonds is 8. The van der Waals surface area contributed by atoms with E-state index < -0.39 is 0 Å². The number of ether oxygens (including phenoxy) is 3. The summed E-state index contributed by atoms with van der Waals surface area (Å²) in [5.74, 6) is 0.192. The van der Waals surface area contributed by atoms with Gasteiger partial charge >= 0.3 is 5.97 Å². The van der Waals surface area contributed by atoms with E-state index in [-0.39, 0.29) is 17.7 Å². The highest BCUT2D eigenvalue weighted by molar-refractivity contribution is 5.71. The summed E-state index contributed by atoms with van der Waals surface area (Å²) in [6.45, 7) is 5.93. The minimum absolute atomic E-state index is 0.0510. The predicted molar refractivity (Wildman–Crippen MR) is 92.6 cm³/mol. The molecule has 1 aromatic rings. The molecule has 0 radical (unpaired) electrons. The van der Waals surface area contributed by atoms with Gasteiger partial charge in [-0.25, -0.2) is 4.39 Å². The van der Waals surface area contributed by atoms with Crippen LogP contribution in [0.15, 0.2) is 18.2 Å². The fraction of sp³-hybridized carbons (Fsp3) is 0.611. The summed E-state index contributed by atoms with van der Waals surface area (Å²) in [6.07, 6.45) is 0.725. The lowest BCUT2D eigenvalue weighted by atomic mass is 10.1. The van der Waals surface area contributed by atoms with Gasteiger partial charge in [-0.3, -0.25) is 4.79 Å². The third-order valence-electron chi connectivity index (χ3n) is 3.62. The van der Waals surface area contributed by atoms with E-state index in [0.29, 0.717) is 24.5 Å². The molecule has 0 heterocycles. The molecule has 1 aromatic carbocycles. The van der Waals surface area contributed by atoms with Crippen molar-refractivity contribution >= 4 is 5.97 Å². The second-order valence-electron chi connectivity index (χ2n) is 5.46. The second kappa shape index (κ2) is 12.7. The monoisotopic (exact) mass is 343 g/mol. The zero-order valence-electron chi connectivity index (χ0n) is 15.6. The molecule has 0 spiro atoms. The topological polar surface area (TPSA) is 48.0 Å². The first-order valence-corrected chi connectivity index (χ1v) is 7.97. The van der Waals surface area contributed by atoms with Gasteiger partial charge in [0.05, 0.1) is 20.1 Å². The molecule has 1 rings (SSSR count). The summed E-state index contributed by atoms with van der Waals surface area (Å²) in [4.78, 5) is 12.8. The van der Waals surface area contributed by atoms with Crippen LogP contribution in [0, 0.1) is 11.7 Å². The van der Waals surface area contributed by atoms with Crippen molar-refractivity contribution in [1.29, 1.82) is 0 Å². The van der Waals surface area contributed by atoms with Crippen molar-refractivity contribution in [2.24, 2.45) is 5.92 Å². The van der Waals surface area contributed by atoms with E-state index in [1.54, 1.807) is 26.4 Å². The molecule has 24 heavy (non-hydrogen) atoms. The van der Waals surface area contributed by atoms with Crippen molar-refractivity contribution in [3.05, 3.63) is 29.6 Å². The summed E-state index contributed by atoms with van der Waals surface area (Å²) < 4.78 is 27.8. The van der Waals surface area contributed by atoms with Gasteiger partial charge in [0.1, 0.15) is 11.6 Å². The van der Waals surface area contributed by atoms with Crippen LogP contribution in [-0.2, 0) is 20.8 Å². The highest BCUT2D eigenvalue weighted by Gasteiger charge is 2.11. The Kier molecular flexibility index (Phi) is 11.8. The standard InChI is InChI=1S/C11H16FNO.C7H14O3/c1-4-13(2)8-9-10(12)6-5-7-11(9)14-3;1-6(4-5-9-2)7(8)10-3/h5-7H,4,8H2,1-3H3;6H,4-5H2,1-3H3. The fourth-order valence-electron chi connectivity index (χ4n) is 1.88. The van der Waals surface area contributed by atoms with Crippen LogP contribution in [0.2, 0.25) is 0 Å². The van der Waals surface area contributed by atoms with Gasteiger partial charge < -0.3 is 19.1 Å². The second-order valence-corrected chi connectivity index (χ2v) is 5.46. The lowest BCUT2D eigenvalue weighted by molar-refractivity contribution is -0.145. The molecular weight excluding hydrogens is 313 g/mol. The maximum absolute atomic E-state index is 13.4. The molecule has 0 fully saturated rings. The molecule has 0 aliphatic heterocycles. The number of benzene rings is 1. The Morgan fingerprint density at radius 2 is 1.96 bits per heavy atom. The number of methoxy groups -OCH3 is 3. The van der Waals surface area contributed by atoms with Gasteiger partial charge in [0.2, 0.25) is 0 Å². The number of carbonyl (C=O) groups excluding carboxylic acids is 1. The number of halogens is 1. The lowest BCUT2D eigenvalue weighted by Crippen LogP contribution is -2.18. The molecule has 0 saturated carbocycles. The molecule has 0 amide bonds.